The molecular formula is C21H21ClN2O. The second-order valence-corrected chi connectivity index (χ2v) is 7.01. The minimum Gasteiger partial charge on any atom is -0.394 e. The Morgan fingerprint density at radius 1 is 1.08 bits per heavy atom. The van der Waals surface area contributed by atoms with E-state index in [-0.39, 0.29) is 12.6 Å². The molecule has 128 valence electrons. The van der Waals surface area contributed by atoms with Crippen LogP contribution in [0.1, 0.15) is 19.3 Å². The fourth-order valence-corrected chi connectivity index (χ4v) is 3.80. The Morgan fingerprint density at radius 3 is 2.68 bits per heavy atom. The number of hydrogen-bond acceptors (Lipinski definition) is 3. The van der Waals surface area contributed by atoms with Crippen molar-refractivity contribution < 1.29 is 5.11 Å². The second kappa shape index (κ2) is 7.03. The zero-order valence-electron chi connectivity index (χ0n) is 14.0. The first-order chi connectivity index (χ1) is 12.3. The number of aliphatic hydroxyl groups is 1. The van der Waals surface area contributed by atoms with Crippen LogP contribution in [0.3, 0.4) is 0 Å². The van der Waals surface area contributed by atoms with Gasteiger partial charge in [0.15, 0.2) is 0 Å². The van der Waals surface area contributed by atoms with E-state index in [0.717, 1.165) is 52.3 Å². The number of hydrogen-bond donors (Lipinski definition) is 1. The Labute approximate surface area is 152 Å². The van der Waals surface area contributed by atoms with Crippen molar-refractivity contribution in [2.24, 2.45) is 0 Å². The van der Waals surface area contributed by atoms with Crippen molar-refractivity contribution in [2.45, 2.75) is 25.3 Å². The van der Waals surface area contributed by atoms with Gasteiger partial charge in [-0.3, -0.25) is 0 Å². The molecule has 4 rings (SSSR count). The molecule has 0 radical (unpaired) electrons. The second-order valence-electron chi connectivity index (χ2n) is 6.58. The highest BCUT2D eigenvalue weighted by molar-refractivity contribution is 6.30. The number of piperidine rings is 1. The summed E-state index contributed by atoms with van der Waals surface area (Å²) in [5.74, 6) is 0. The molecular weight excluding hydrogens is 332 g/mol. The van der Waals surface area contributed by atoms with Gasteiger partial charge in [0.1, 0.15) is 0 Å². The number of pyridine rings is 1. The van der Waals surface area contributed by atoms with Crippen LogP contribution in [-0.2, 0) is 0 Å². The normalized spacial score (nSPS) is 17.8. The standard InChI is InChI=1S/C21H21ClN2O/c22-16-10-8-15(9-11-16)20-13-21(18-6-1-2-7-19(18)23-20)24-12-4-3-5-17(24)14-25/h1-2,6-11,13,17,25H,3-5,12,14H2/t17-/m0/s1. The predicted octanol–water partition coefficient (Wildman–Crippen LogP) is 4.91. The molecule has 1 N–H and O–H groups in total. The van der Waals surface area contributed by atoms with E-state index in [0.29, 0.717) is 0 Å². The zero-order valence-corrected chi connectivity index (χ0v) is 14.8. The van der Waals surface area contributed by atoms with Crippen molar-refractivity contribution in [3.8, 4) is 11.3 Å². The number of aliphatic hydroxyl groups excluding tert-OH is 1. The average Bonchev–Trinajstić information content (AvgIpc) is 2.67. The molecule has 0 saturated carbocycles. The molecule has 1 fully saturated rings. The maximum absolute atomic E-state index is 9.84. The lowest BCUT2D eigenvalue weighted by molar-refractivity contribution is 0.240. The SMILES string of the molecule is OC[C@@H]1CCCCN1c1cc(-c2ccc(Cl)cc2)nc2ccccc12. The Bertz CT molecular complexity index is 879. The van der Waals surface area contributed by atoms with E-state index in [4.69, 9.17) is 16.6 Å². The molecule has 0 aliphatic carbocycles. The fraction of sp³-hybridized carbons (Fsp3) is 0.286. The third kappa shape index (κ3) is 3.22. The molecule has 2 heterocycles. The van der Waals surface area contributed by atoms with Crippen LogP contribution >= 0.6 is 11.6 Å². The van der Waals surface area contributed by atoms with E-state index >= 15 is 0 Å². The average molecular weight is 353 g/mol. The minimum atomic E-state index is 0.178. The topological polar surface area (TPSA) is 36.4 Å². The van der Waals surface area contributed by atoms with Crippen LogP contribution in [0, 0.1) is 0 Å². The largest absolute Gasteiger partial charge is 0.394 e. The van der Waals surface area contributed by atoms with Crippen molar-refractivity contribution >= 4 is 28.2 Å². The van der Waals surface area contributed by atoms with E-state index in [1.165, 1.54) is 6.42 Å². The quantitative estimate of drug-likeness (QED) is 0.727. The summed E-state index contributed by atoms with van der Waals surface area (Å²) in [5.41, 5.74) is 4.13. The lowest BCUT2D eigenvalue weighted by Gasteiger charge is -2.37. The summed E-state index contributed by atoms with van der Waals surface area (Å²) in [6.07, 6.45) is 3.36. The summed E-state index contributed by atoms with van der Waals surface area (Å²) in [7, 11) is 0. The Kier molecular flexibility index (Phi) is 4.60. The molecule has 25 heavy (non-hydrogen) atoms. The molecule has 3 aromatic rings. The van der Waals surface area contributed by atoms with Gasteiger partial charge < -0.3 is 10.0 Å². The Hall–Kier alpha value is -2.10. The molecule has 2 aromatic carbocycles. The number of fused-ring (bicyclic) bond motifs is 1. The molecule has 0 amide bonds. The van der Waals surface area contributed by atoms with E-state index in [2.05, 4.69) is 23.1 Å². The lowest BCUT2D eigenvalue weighted by atomic mass is 9.99. The molecule has 1 aromatic heterocycles. The van der Waals surface area contributed by atoms with Gasteiger partial charge in [-0.25, -0.2) is 4.98 Å². The molecule has 1 aliphatic heterocycles. The van der Waals surface area contributed by atoms with E-state index in [1.54, 1.807) is 0 Å². The molecule has 1 aliphatic rings. The van der Waals surface area contributed by atoms with Gasteiger partial charge in [-0.15, -0.1) is 0 Å². The van der Waals surface area contributed by atoms with Crippen LogP contribution in [-0.4, -0.2) is 29.3 Å². The molecule has 4 heteroatoms. The molecule has 0 bridgehead atoms. The van der Waals surface area contributed by atoms with Crippen LogP contribution in [0.25, 0.3) is 22.2 Å². The smallest absolute Gasteiger partial charge is 0.0730 e. The summed E-state index contributed by atoms with van der Waals surface area (Å²) in [6, 6.07) is 18.4. The molecule has 1 saturated heterocycles. The van der Waals surface area contributed by atoms with Gasteiger partial charge in [0.25, 0.3) is 0 Å². The molecule has 0 unspecified atom stereocenters. The number of rotatable bonds is 3. The van der Waals surface area contributed by atoms with Crippen molar-refractivity contribution in [3.63, 3.8) is 0 Å². The third-order valence-corrected chi connectivity index (χ3v) is 5.23. The lowest BCUT2D eigenvalue weighted by Crippen LogP contribution is -2.42. The maximum atomic E-state index is 9.84. The summed E-state index contributed by atoms with van der Waals surface area (Å²) < 4.78 is 0. The van der Waals surface area contributed by atoms with Crippen molar-refractivity contribution in [1.29, 1.82) is 0 Å². The number of benzene rings is 2. The van der Waals surface area contributed by atoms with E-state index in [1.807, 2.05) is 36.4 Å². The van der Waals surface area contributed by atoms with Gasteiger partial charge >= 0.3 is 0 Å². The van der Waals surface area contributed by atoms with Crippen LogP contribution in [0.15, 0.2) is 54.6 Å². The first-order valence-electron chi connectivity index (χ1n) is 8.79. The van der Waals surface area contributed by atoms with Gasteiger partial charge in [0, 0.05) is 28.2 Å². The fourth-order valence-electron chi connectivity index (χ4n) is 3.67. The van der Waals surface area contributed by atoms with Gasteiger partial charge in [-0.2, -0.15) is 0 Å². The minimum absolute atomic E-state index is 0.178. The summed E-state index contributed by atoms with van der Waals surface area (Å²) >= 11 is 6.03. The molecule has 3 nitrogen and oxygen atoms in total. The summed E-state index contributed by atoms with van der Waals surface area (Å²) in [5, 5.41) is 11.7. The van der Waals surface area contributed by atoms with Crippen molar-refractivity contribution in [1.82, 2.24) is 4.98 Å². The van der Waals surface area contributed by atoms with Crippen LogP contribution in [0.4, 0.5) is 5.69 Å². The van der Waals surface area contributed by atoms with Crippen molar-refractivity contribution in [3.05, 3.63) is 59.6 Å². The van der Waals surface area contributed by atoms with Crippen LogP contribution in [0.5, 0.6) is 0 Å². The first-order valence-corrected chi connectivity index (χ1v) is 9.17. The zero-order chi connectivity index (χ0) is 17.2. The summed E-state index contributed by atoms with van der Waals surface area (Å²) in [4.78, 5) is 7.20. The van der Waals surface area contributed by atoms with E-state index < -0.39 is 0 Å². The highest BCUT2D eigenvalue weighted by Gasteiger charge is 2.24. The van der Waals surface area contributed by atoms with Crippen LogP contribution in [0.2, 0.25) is 5.02 Å². The monoisotopic (exact) mass is 352 g/mol. The highest BCUT2D eigenvalue weighted by atomic mass is 35.5. The third-order valence-electron chi connectivity index (χ3n) is 4.98. The number of para-hydroxylation sites is 1. The molecule has 0 spiro atoms. The number of nitrogens with zero attached hydrogens (tertiary/aromatic N) is 2. The summed E-state index contributed by atoms with van der Waals surface area (Å²) in [6.45, 7) is 1.16. The first kappa shape index (κ1) is 16.4. The maximum Gasteiger partial charge on any atom is 0.0730 e. The van der Waals surface area contributed by atoms with Gasteiger partial charge in [0.05, 0.1) is 23.9 Å². The number of halogens is 1. The van der Waals surface area contributed by atoms with Gasteiger partial charge in [0.2, 0.25) is 0 Å². The van der Waals surface area contributed by atoms with E-state index in [9.17, 15) is 5.11 Å². The Balaban J connectivity index is 1.88. The Morgan fingerprint density at radius 2 is 1.88 bits per heavy atom. The van der Waals surface area contributed by atoms with Crippen molar-refractivity contribution in [2.75, 3.05) is 18.1 Å². The molecule has 1 atom stereocenters. The predicted molar refractivity (Wildman–Crippen MR) is 104 cm³/mol. The van der Waals surface area contributed by atoms with Gasteiger partial charge in [-0.1, -0.05) is 41.9 Å². The highest BCUT2D eigenvalue weighted by Crippen LogP contribution is 2.34. The van der Waals surface area contributed by atoms with Gasteiger partial charge in [-0.05, 0) is 43.5 Å². The van der Waals surface area contributed by atoms with Crippen LogP contribution < -0.4 is 4.90 Å². The number of anilines is 1. The number of aromatic nitrogens is 1.